The number of hydrogen-bond acceptors (Lipinski definition) is 3. The van der Waals surface area contributed by atoms with Crippen LogP contribution in [-0.2, 0) is 13.0 Å². The van der Waals surface area contributed by atoms with Crippen molar-refractivity contribution in [3.05, 3.63) is 83.8 Å². The number of benzene rings is 2. The third kappa shape index (κ3) is 4.18. The Hall–Kier alpha value is -2.72. The van der Waals surface area contributed by atoms with Crippen LogP contribution in [0.1, 0.15) is 11.1 Å². The lowest BCUT2D eigenvalue weighted by Gasteiger charge is -2.09. The van der Waals surface area contributed by atoms with E-state index in [0.717, 1.165) is 28.8 Å². The average molecular weight is 322 g/mol. The van der Waals surface area contributed by atoms with Gasteiger partial charge in [0.05, 0.1) is 5.69 Å². The third-order valence-corrected chi connectivity index (χ3v) is 3.84. The van der Waals surface area contributed by atoms with E-state index in [0.29, 0.717) is 13.1 Å². The zero-order valence-electron chi connectivity index (χ0n) is 13.2. The molecule has 1 heterocycles. The van der Waals surface area contributed by atoms with Crippen LogP contribution in [0.2, 0.25) is 0 Å². The molecule has 0 saturated heterocycles. The van der Waals surface area contributed by atoms with Gasteiger partial charge in [-0.25, -0.2) is 4.39 Å². The first-order valence-corrected chi connectivity index (χ1v) is 7.91. The predicted octanol–water partition coefficient (Wildman–Crippen LogP) is 3.93. The van der Waals surface area contributed by atoms with Crippen LogP contribution in [0.25, 0.3) is 11.3 Å². The minimum absolute atomic E-state index is 0.215. The van der Waals surface area contributed by atoms with E-state index in [9.17, 15) is 9.50 Å². The Morgan fingerprint density at radius 2 is 1.92 bits per heavy atom. The zero-order chi connectivity index (χ0) is 16.8. The summed E-state index contributed by atoms with van der Waals surface area (Å²) in [7, 11) is 0. The molecule has 0 aliphatic heterocycles. The molecule has 0 aliphatic rings. The van der Waals surface area contributed by atoms with Gasteiger partial charge >= 0.3 is 0 Å². The predicted molar refractivity (Wildman–Crippen MR) is 93.1 cm³/mol. The fraction of sp³-hybridized carbons (Fsp3) is 0.150. The molecule has 2 N–H and O–H groups in total. The molecule has 3 rings (SSSR count). The lowest BCUT2D eigenvalue weighted by atomic mass is 10.1. The smallest absolute Gasteiger partial charge is 0.123 e. The maximum absolute atomic E-state index is 13.1. The lowest BCUT2D eigenvalue weighted by molar-refractivity contribution is 0.464. The molecule has 0 bridgehead atoms. The highest BCUT2D eigenvalue weighted by Crippen LogP contribution is 2.24. The van der Waals surface area contributed by atoms with Crippen molar-refractivity contribution in [3.8, 4) is 17.0 Å². The Morgan fingerprint density at radius 3 is 2.71 bits per heavy atom. The van der Waals surface area contributed by atoms with E-state index in [-0.39, 0.29) is 11.6 Å². The fourth-order valence-electron chi connectivity index (χ4n) is 2.57. The van der Waals surface area contributed by atoms with Gasteiger partial charge in [-0.2, -0.15) is 0 Å². The van der Waals surface area contributed by atoms with Gasteiger partial charge in [-0.15, -0.1) is 0 Å². The second-order valence-corrected chi connectivity index (χ2v) is 5.62. The maximum Gasteiger partial charge on any atom is 0.123 e. The van der Waals surface area contributed by atoms with E-state index in [1.165, 1.54) is 6.07 Å². The summed E-state index contributed by atoms with van der Waals surface area (Å²) in [6.45, 7) is 1.25. The lowest BCUT2D eigenvalue weighted by Crippen LogP contribution is -2.16. The van der Waals surface area contributed by atoms with Crippen molar-refractivity contribution in [2.75, 3.05) is 6.54 Å². The first-order valence-electron chi connectivity index (χ1n) is 7.91. The third-order valence-electron chi connectivity index (χ3n) is 3.84. The molecule has 24 heavy (non-hydrogen) atoms. The number of phenols is 1. The van der Waals surface area contributed by atoms with Crippen LogP contribution in [0, 0.1) is 5.82 Å². The number of pyridine rings is 1. The van der Waals surface area contributed by atoms with Crippen LogP contribution in [0.5, 0.6) is 5.75 Å². The second-order valence-electron chi connectivity index (χ2n) is 5.62. The minimum Gasteiger partial charge on any atom is -0.508 e. The molecule has 1 aromatic heterocycles. The Bertz CT molecular complexity index is 806. The van der Waals surface area contributed by atoms with Crippen molar-refractivity contribution in [1.29, 1.82) is 0 Å². The average Bonchev–Trinajstić information content (AvgIpc) is 2.61. The number of hydrogen-bond donors (Lipinski definition) is 2. The van der Waals surface area contributed by atoms with Crippen molar-refractivity contribution in [1.82, 2.24) is 10.3 Å². The zero-order valence-corrected chi connectivity index (χ0v) is 13.2. The summed E-state index contributed by atoms with van der Waals surface area (Å²) < 4.78 is 13.1. The first-order chi connectivity index (χ1) is 11.7. The highest BCUT2D eigenvalue weighted by Gasteiger charge is 2.05. The number of halogens is 1. The number of phenolic OH excluding ortho intramolecular Hbond substituents is 1. The van der Waals surface area contributed by atoms with Crippen LogP contribution in [0.15, 0.2) is 66.9 Å². The molecular weight excluding hydrogens is 303 g/mol. The summed E-state index contributed by atoms with van der Waals surface area (Å²) in [4.78, 5) is 4.33. The molecule has 0 amide bonds. The molecule has 4 heteroatoms. The summed E-state index contributed by atoms with van der Waals surface area (Å²) in [5.41, 5.74) is 3.61. The SMILES string of the molecule is Oc1ccc(-c2ccccn2)cc1CNCCc1cccc(F)c1. The van der Waals surface area contributed by atoms with Crippen LogP contribution >= 0.6 is 0 Å². The van der Waals surface area contributed by atoms with Gasteiger partial charge in [0.25, 0.3) is 0 Å². The van der Waals surface area contributed by atoms with Crippen molar-refractivity contribution >= 4 is 0 Å². The Balaban J connectivity index is 1.61. The normalized spacial score (nSPS) is 10.7. The van der Waals surface area contributed by atoms with E-state index < -0.39 is 0 Å². The molecular formula is C20H19FN2O. The number of rotatable bonds is 6. The topological polar surface area (TPSA) is 45.2 Å². The van der Waals surface area contributed by atoms with E-state index in [1.807, 2.05) is 36.4 Å². The van der Waals surface area contributed by atoms with Crippen molar-refractivity contribution in [2.24, 2.45) is 0 Å². The first kappa shape index (κ1) is 16.1. The molecule has 0 saturated carbocycles. The van der Waals surface area contributed by atoms with Gasteiger partial charge in [0.15, 0.2) is 0 Å². The summed E-state index contributed by atoms with van der Waals surface area (Å²) in [5.74, 6) is 0.0427. The fourth-order valence-corrected chi connectivity index (χ4v) is 2.57. The summed E-state index contributed by atoms with van der Waals surface area (Å²) >= 11 is 0. The molecule has 3 aromatic rings. The maximum atomic E-state index is 13.1. The summed E-state index contributed by atoms with van der Waals surface area (Å²) in [6.07, 6.45) is 2.48. The highest BCUT2D eigenvalue weighted by molar-refractivity contribution is 5.61. The summed E-state index contributed by atoms with van der Waals surface area (Å²) in [6, 6.07) is 17.8. The molecule has 122 valence electrons. The van der Waals surface area contributed by atoms with Gasteiger partial charge in [-0.3, -0.25) is 4.98 Å². The van der Waals surface area contributed by atoms with Gasteiger partial charge in [0.1, 0.15) is 11.6 Å². The Labute approximate surface area is 140 Å². The van der Waals surface area contributed by atoms with Gasteiger partial charge in [0.2, 0.25) is 0 Å². The largest absolute Gasteiger partial charge is 0.508 e. The van der Waals surface area contributed by atoms with E-state index in [1.54, 1.807) is 24.4 Å². The molecule has 2 aromatic carbocycles. The molecule has 0 spiro atoms. The van der Waals surface area contributed by atoms with E-state index in [4.69, 9.17) is 0 Å². The van der Waals surface area contributed by atoms with E-state index in [2.05, 4.69) is 10.3 Å². The second kappa shape index (κ2) is 7.70. The van der Waals surface area contributed by atoms with Gasteiger partial charge in [-0.1, -0.05) is 18.2 Å². The van der Waals surface area contributed by atoms with Crippen molar-refractivity contribution in [3.63, 3.8) is 0 Å². The number of nitrogens with zero attached hydrogens (tertiary/aromatic N) is 1. The van der Waals surface area contributed by atoms with Crippen LogP contribution in [0.4, 0.5) is 4.39 Å². The van der Waals surface area contributed by atoms with Gasteiger partial charge in [-0.05, 0) is 61.0 Å². The number of nitrogens with one attached hydrogen (secondary N) is 1. The van der Waals surface area contributed by atoms with Crippen LogP contribution in [-0.4, -0.2) is 16.6 Å². The molecule has 0 aliphatic carbocycles. The quantitative estimate of drug-likeness (QED) is 0.676. The molecule has 0 radical (unpaired) electrons. The Morgan fingerprint density at radius 1 is 1.00 bits per heavy atom. The van der Waals surface area contributed by atoms with Crippen LogP contribution in [0.3, 0.4) is 0 Å². The minimum atomic E-state index is -0.215. The molecule has 0 atom stereocenters. The standard InChI is InChI=1S/C20H19FN2O/c21-18-5-3-4-15(12-18)9-11-22-14-17-13-16(7-8-20(17)24)19-6-1-2-10-23-19/h1-8,10,12-13,22,24H,9,11,14H2. The van der Waals surface area contributed by atoms with Gasteiger partial charge in [0, 0.05) is 23.9 Å². The number of aromatic nitrogens is 1. The summed E-state index contributed by atoms with van der Waals surface area (Å²) in [5, 5.41) is 13.3. The Kier molecular flexibility index (Phi) is 5.18. The molecule has 0 unspecified atom stereocenters. The molecule has 0 fully saturated rings. The van der Waals surface area contributed by atoms with Gasteiger partial charge < -0.3 is 10.4 Å². The molecule has 3 nitrogen and oxygen atoms in total. The van der Waals surface area contributed by atoms with Crippen molar-refractivity contribution < 1.29 is 9.50 Å². The van der Waals surface area contributed by atoms with Crippen LogP contribution < -0.4 is 5.32 Å². The van der Waals surface area contributed by atoms with E-state index >= 15 is 0 Å². The number of aromatic hydroxyl groups is 1. The van der Waals surface area contributed by atoms with Crippen molar-refractivity contribution in [2.45, 2.75) is 13.0 Å². The monoisotopic (exact) mass is 322 g/mol. The highest BCUT2D eigenvalue weighted by atomic mass is 19.1.